The van der Waals surface area contributed by atoms with Crippen molar-refractivity contribution >= 4 is 0 Å². The molecule has 0 radical (unpaired) electrons. The molecule has 186 valence electrons. The van der Waals surface area contributed by atoms with Gasteiger partial charge in [0.05, 0.1) is 14.2 Å². The lowest BCUT2D eigenvalue weighted by molar-refractivity contribution is 0.283. The number of nitrogens with two attached hydrogens (primary N) is 2. The lowest BCUT2D eigenvalue weighted by Gasteiger charge is -2.23. The van der Waals surface area contributed by atoms with Gasteiger partial charge in [-0.15, -0.1) is 0 Å². The lowest BCUT2D eigenvalue weighted by Crippen LogP contribution is -2.26. The standard InChI is InChI=1S/C30H32N2O4/c1-33-27-17-23(13-15-25(27)35-19-21-9-5-3-6-10-21)29(31)30(32)24-14-16-26(28(18-24)34-2)36-20-22-11-7-4-8-12-22/h3-18,29-30H,19-20,31-32H2,1-2H3. The summed E-state index contributed by atoms with van der Waals surface area (Å²) in [7, 11) is 3.22. The first-order valence-corrected chi connectivity index (χ1v) is 11.8. The van der Waals surface area contributed by atoms with E-state index in [1.807, 2.05) is 97.1 Å². The molecule has 0 aromatic heterocycles. The minimum atomic E-state index is -0.470. The van der Waals surface area contributed by atoms with E-state index in [2.05, 4.69) is 0 Å². The van der Waals surface area contributed by atoms with E-state index in [-0.39, 0.29) is 0 Å². The molecule has 0 bridgehead atoms. The fourth-order valence-corrected chi connectivity index (χ4v) is 3.91. The van der Waals surface area contributed by atoms with E-state index in [1.165, 1.54) is 0 Å². The Morgan fingerprint density at radius 2 is 0.917 bits per heavy atom. The summed E-state index contributed by atoms with van der Waals surface area (Å²) in [6.45, 7) is 0.890. The average molecular weight is 485 g/mol. The Balaban J connectivity index is 1.46. The van der Waals surface area contributed by atoms with Crippen LogP contribution in [-0.4, -0.2) is 14.2 Å². The quantitative estimate of drug-likeness (QED) is 0.290. The molecule has 2 atom stereocenters. The molecule has 0 aliphatic heterocycles. The molecule has 0 fully saturated rings. The lowest BCUT2D eigenvalue weighted by atomic mass is 9.94. The maximum absolute atomic E-state index is 6.58. The summed E-state index contributed by atoms with van der Waals surface area (Å²) in [5, 5.41) is 0. The highest BCUT2D eigenvalue weighted by molar-refractivity contribution is 5.47. The molecule has 4 rings (SSSR count). The fourth-order valence-electron chi connectivity index (χ4n) is 3.91. The van der Waals surface area contributed by atoms with Crippen molar-refractivity contribution in [2.45, 2.75) is 25.3 Å². The van der Waals surface area contributed by atoms with Gasteiger partial charge >= 0.3 is 0 Å². The fraction of sp³-hybridized carbons (Fsp3) is 0.200. The van der Waals surface area contributed by atoms with Gasteiger partial charge in [-0.25, -0.2) is 0 Å². The van der Waals surface area contributed by atoms with E-state index in [0.717, 1.165) is 22.3 Å². The molecule has 0 aliphatic rings. The SMILES string of the molecule is COc1cc(C(N)C(N)c2ccc(OCc3ccccc3)c(OC)c2)ccc1OCc1ccccc1. The van der Waals surface area contributed by atoms with E-state index in [0.29, 0.717) is 36.2 Å². The van der Waals surface area contributed by atoms with Gasteiger partial charge in [-0.05, 0) is 46.5 Å². The van der Waals surface area contributed by atoms with Crippen molar-refractivity contribution in [3.63, 3.8) is 0 Å². The first-order chi connectivity index (χ1) is 17.6. The van der Waals surface area contributed by atoms with Gasteiger partial charge in [-0.2, -0.15) is 0 Å². The van der Waals surface area contributed by atoms with Crippen LogP contribution in [0.1, 0.15) is 34.3 Å². The molecule has 4 aromatic rings. The Kier molecular flexibility index (Phi) is 8.44. The maximum atomic E-state index is 6.58. The highest BCUT2D eigenvalue weighted by Crippen LogP contribution is 2.36. The van der Waals surface area contributed by atoms with Crippen LogP contribution in [0.5, 0.6) is 23.0 Å². The molecule has 36 heavy (non-hydrogen) atoms. The summed E-state index contributed by atoms with van der Waals surface area (Å²) in [6.07, 6.45) is 0. The molecular formula is C30H32N2O4. The second kappa shape index (κ2) is 12.1. The summed E-state index contributed by atoms with van der Waals surface area (Å²) >= 11 is 0. The summed E-state index contributed by atoms with van der Waals surface area (Å²) in [4.78, 5) is 0. The van der Waals surface area contributed by atoms with Gasteiger partial charge in [0.15, 0.2) is 23.0 Å². The maximum Gasteiger partial charge on any atom is 0.161 e. The van der Waals surface area contributed by atoms with Crippen molar-refractivity contribution in [1.82, 2.24) is 0 Å². The van der Waals surface area contributed by atoms with Gasteiger partial charge in [-0.1, -0.05) is 72.8 Å². The number of rotatable bonds is 11. The number of hydrogen-bond acceptors (Lipinski definition) is 6. The largest absolute Gasteiger partial charge is 0.493 e. The Morgan fingerprint density at radius 3 is 1.28 bits per heavy atom. The van der Waals surface area contributed by atoms with Crippen LogP contribution in [0, 0.1) is 0 Å². The zero-order valence-corrected chi connectivity index (χ0v) is 20.6. The predicted molar refractivity (Wildman–Crippen MR) is 141 cm³/mol. The third kappa shape index (κ3) is 6.16. The summed E-state index contributed by atoms with van der Waals surface area (Å²) in [5.74, 6) is 2.50. The zero-order chi connectivity index (χ0) is 25.3. The van der Waals surface area contributed by atoms with Crippen LogP contribution in [0.15, 0.2) is 97.1 Å². The molecule has 0 saturated carbocycles. The van der Waals surface area contributed by atoms with Crippen LogP contribution >= 0.6 is 0 Å². The molecule has 2 unspecified atom stereocenters. The van der Waals surface area contributed by atoms with Gasteiger partial charge in [0.2, 0.25) is 0 Å². The Labute approximate surface area is 212 Å². The van der Waals surface area contributed by atoms with Crippen LogP contribution < -0.4 is 30.4 Å². The average Bonchev–Trinajstić information content (AvgIpc) is 2.95. The van der Waals surface area contributed by atoms with Crippen LogP contribution in [-0.2, 0) is 13.2 Å². The topological polar surface area (TPSA) is 89.0 Å². The molecule has 6 nitrogen and oxygen atoms in total. The smallest absolute Gasteiger partial charge is 0.161 e. The van der Waals surface area contributed by atoms with Crippen molar-refractivity contribution in [1.29, 1.82) is 0 Å². The molecule has 4 aromatic carbocycles. The minimum absolute atomic E-state index is 0.445. The van der Waals surface area contributed by atoms with E-state index in [9.17, 15) is 0 Å². The van der Waals surface area contributed by atoms with E-state index < -0.39 is 12.1 Å². The van der Waals surface area contributed by atoms with Gasteiger partial charge in [0, 0.05) is 12.1 Å². The second-order valence-electron chi connectivity index (χ2n) is 8.42. The molecular weight excluding hydrogens is 452 g/mol. The third-order valence-corrected chi connectivity index (χ3v) is 6.01. The Bertz CT molecular complexity index is 1150. The molecule has 6 heteroatoms. The van der Waals surface area contributed by atoms with E-state index >= 15 is 0 Å². The van der Waals surface area contributed by atoms with Gasteiger partial charge in [0.1, 0.15) is 13.2 Å². The minimum Gasteiger partial charge on any atom is -0.493 e. The third-order valence-electron chi connectivity index (χ3n) is 6.01. The van der Waals surface area contributed by atoms with E-state index in [4.69, 9.17) is 30.4 Å². The highest BCUT2D eigenvalue weighted by Gasteiger charge is 2.21. The summed E-state index contributed by atoms with van der Waals surface area (Å²) in [5.41, 5.74) is 17.0. The van der Waals surface area contributed by atoms with Crippen LogP contribution in [0.3, 0.4) is 0 Å². The van der Waals surface area contributed by atoms with Crippen molar-refractivity contribution < 1.29 is 18.9 Å². The zero-order valence-electron chi connectivity index (χ0n) is 20.6. The summed E-state index contributed by atoms with van der Waals surface area (Å²) in [6, 6.07) is 30.3. The van der Waals surface area contributed by atoms with Gasteiger partial charge < -0.3 is 30.4 Å². The van der Waals surface area contributed by atoms with Crippen LogP contribution in [0.2, 0.25) is 0 Å². The number of benzene rings is 4. The molecule has 0 heterocycles. The number of ether oxygens (including phenoxy) is 4. The normalized spacial score (nSPS) is 12.4. The monoisotopic (exact) mass is 484 g/mol. The molecule has 0 saturated heterocycles. The highest BCUT2D eigenvalue weighted by atomic mass is 16.5. The van der Waals surface area contributed by atoms with Crippen LogP contribution in [0.4, 0.5) is 0 Å². The molecule has 0 amide bonds. The predicted octanol–water partition coefficient (Wildman–Crippen LogP) is 5.56. The van der Waals surface area contributed by atoms with Crippen molar-refractivity contribution in [3.8, 4) is 23.0 Å². The van der Waals surface area contributed by atoms with Crippen molar-refractivity contribution in [3.05, 3.63) is 119 Å². The van der Waals surface area contributed by atoms with Gasteiger partial charge in [0.25, 0.3) is 0 Å². The number of methoxy groups -OCH3 is 2. The molecule has 0 aliphatic carbocycles. The second-order valence-corrected chi connectivity index (χ2v) is 8.42. The Morgan fingerprint density at radius 1 is 0.528 bits per heavy atom. The first-order valence-electron chi connectivity index (χ1n) is 11.8. The molecule has 0 spiro atoms. The molecule has 4 N–H and O–H groups in total. The number of hydrogen-bond donors (Lipinski definition) is 2. The first kappa shape index (κ1) is 25.1. The van der Waals surface area contributed by atoms with Crippen LogP contribution in [0.25, 0.3) is 0 Å². The van der Waals surface area contributed by atoms with Crippen molar-refractivity contribution in [2.75, 3.05) is 14.2 Å². The summed E-state index contributed by atoms with van der Waals surface area (Å²) < 4.78 is 23.1. The van der Waals surface area contributed by atoms with Crippen molar-refractivity contribution in [2.24, 2.45) is 11.5 Å². The van der Waals surface area contributed by atoms with Gasteiger partial charge in [-0.3, -0.25) is 0 Å². The van der Waals surface area contributed by atoms with E-state index in [1.54, 1.807) is 14.2 Å². The Hall–Kier alpha value is -4.00.